The molecule has 0 radical (unpaired) electrons. The highest BCUT2D eigenvalue weighted by atomic mass is 19.1. The first-order chi connectivity index (χ1) is 24.0. The summed E-state index contributed by atoms with van der Waals surface area (Å²) in [7, 11) is 0. The Morgan fingerprint density at radius 3 is 2.04 bits per heavy atom. The second-order valence-corrected chi connectivity index (χ2v) is 12.0. The molecule has 0 aliphatic rings. The van der Waals surface area contributed by atoms with Crippen molar-refractivity contribution in [3.63, 3.8) is 0 Å². The summed E-state index contributed by atoms with van der Waals surface area (Å²) in [6, 6.07) is 32.9. The number of unbranched alkanes of at least 4 members (excludes halogenated alkanes) is 5. The van der Waals surface area contributed by atoms with Crippen LogP contribution in [0.2, 0.25) is 0 Å². The van der Waals surface area contributed by atoms with Crippen molar-refractivity contribution in [2.75, 3.05) is 13.2 Å². The molecule has 7 heteroatoms. The normalized spacial score (nSPS) is 11.0. The van der Waals surface area contributed by atoms with Gasteiger partial charge in [0.25, 0.3) is 0 Å². The van der Waals surface area contributed by atoms with Crippen LogP contribution in [0, 0.1) is 18.6 Å². The molecule has 0 amide bonds. The Hall–Kier alpha value is -5.43. The highest BCUT2D eigenvalue weighted by Gasteiger charge is 2.12. The molecule has 0 atom stereocenters. The van der Waals surface area contributed by atoms with Gasteiger partial charge in [0.15, 0.2) is 0 Å². The Morgan fingerprint density at radius 2 is 1.27 bits per heavy atom. The highest BCUT2D eigenvalue weighted by molar-refractivity contribution is 5.74. The lowest BCUT2D eigenvalue weighted by atomic mass is 10.0. The van der Waals surface area contributed by atoms with Crippen LogP contribution in [-0.4, -0.2) is 28.2 Å². The molecule has 49 heavy (non-hydrogen) atoms. The Balaban J connectivity index is 0.894. The molecule has 3 heterocycles. The molecule has 0 aliphatic heterocycles. The summed E-state index contributed by atoms with van der Waals surface area (Å²) >= 11 is 0. The first-order valence-corrected chi connectivity index (χ1v) is 16.8. The molecule has 0 fully saturated rings. The molecule has 0 saturated heterocycles. The lowest BCUT2D eigenvalue weighted by Crippen LogP contribution is -2.00. The van der Waals surface area contributed by atoms with E-state index in [9.17, 15) is 8.78 Å². The predicted molar refractivity (Wildman–Crippen MR) is 191 cm³/mol. The minimum Gasteiger partial charge on any atom is -0.494 e. The number of hydrogen-bond donors (Lipinski definition) is 0. The van der Waals surface area contributed by atoms with Gasteiger partial charge in [0.1, 0.15) is 28.8 Å². The number of benzene rings is 3. The van der Waals surface area contributed by atoms with Gasteiger partial charge in [-0.3, -0.25) is 9.97 Å². The lowest BCUT2D eigenvalue weighted by Gasteiger charge is -2.12. The van der Waals surface area contributed by atoms with E-state index >= 15 is 0 Å². The molecule has 5 nitrogen and oxygen atoms in total. The summed E-state index contributed by atoms with van der Waals surface area (Å²) < 4.78 is 39.8. The maximum atomic E-state index is 14.3. The number of halogens is 2. The summed E-state index contributed by atoms with van der Waals surface area (Å²) in [5.74, 6) is 0.360. The molecule has 3 aromatic carbocycles. The molecule has 6 rings (SSSR count). The van der Waals surface area contributed by atoms with Gasteiger partial charge in [0, 0.05) is 40.7 Å². The number of nitrogens with zero attached hydrogens (tertiary/aromatic N) is 3. The smallest absolute Gasteiger partial charge is 0.145 e. The van der Waals surface area contributed by atoms with Crippen molar-refractivity contribution in [1.29, 1.82) is 0 Å². The Labute approximate surface area is 286 Å². The zero-order valence-electron chi connectivity index (χ0n) is 27.6. The van der Waals surface area contributed by atoms with Gasteiger partial charge in [0.05, 0.1) is 30.3 Å². The van der Waals surface area contributed by atoms with E-state index in [0.717, 1.165) is 89.7 Å². The van der Waals surface area contributed by atoms with Gasteiger partial charge >= 0.3 is 0 Å². The van der Waals surface area contributed by atoms with Crippen molar-refractivity contribution < 1.29 is 18.3 Å². The molecule has 248 valence electrons. The van der Waals surface area contributed by atoms with Crippen molar-refractivity contribution in [2.24, 2.45) is 0 Å². The van der Waals surface area contributed by atoms with E-state index in [0.29, 0.717) is 24.6 Å². The average molecular weight is 656 g/mol. The first-order valence-electron chi connectivity index (χ1n) is 16.8. The largest absolute Gasteiger partial charge is 0.494 e. The molecule has 0 saturated carbocycles. The first kappa shape index (κ1) is 33.5. The molecular weight excluding hydrogens is 616 g/mol. The van der Waals surface area contributed by atoms with E-state index in [-0.39, 0.29) is 5.56 Å². The number of rotatable bonds is 15. The van der Waals surface area contributed by atoms with Crippen molar-refractivity contribution in [3.8, 4) is 56.5 Å². The highest BCUT2D eigenvalue weighted by Crippen LogP contribution is 2.32. The van der Waals surface area contributed by atoms with E-state index in [4.69, 9.17) is 9.47 Å². The van der Waals surface area contributed by atoms with E-state index in [1.165, 1.54) is 12.1 Å². The third-order valence-electron chi connectivity index (χ3n) is 8.25. The number of ether oxygens (including phenoxy) is 2. The fourth-order valence-electron chi connectivity index (χ4n) is 5.77. The zero-order valence-corrected chi connectivity index (χ0v) is 27.6. The van der Waals surface area contributed by atoms with Crippen LogP contribution in [0.25, 0.3) is 45.0 Å². The van der Waals surface area contributed by atoms with E-state index in [1.54, 1.807) is 6.07 Å². The summed E-state index contributed by atoms with van der Waals surface area (Å²) in [5, 5.41) is 0. The molecule has 6 aromatic rings. The standard InChI is InChI=1S/C42H39F2N3O2/c1-30-26-32(38-12-6-7-22-45-38)28-33(27-30)42-41(15-11-23-46-42)49-25-9-5-3-2-4-8-24-48-35-19-16-31(17-20-35)39-13-10-14-40(47-39)36-21-18-34(43)29-37(36)44/h6-7,10-23,26-29H,2-5,8-9,24-25H2,1H3. The third kappa shape index (κ3) is 9.14. The Morgan fingerprint density at radius 1 is 0.551 bits per heavy atom. The fraction of sp³-hybridized carbons (Fsp3) is 0.214. The number of hydrogen-bond acceptors (Lipinski definition) is 5. The predicted octanol–water partition coefficient (Wildman–Crippen LogP) is 10.9. The summed E-state index contributed by atoms with van der Waals surface area (Å²) in [6.07, 6.45) is 10.1. The maximum absolute atomic E-state index is 14.3. The minimum absolute atomic E-state index is 0.269. The zero-order chi connectivity index (χ0) is 33.8. The second kappa shape index (κ2) is 16.6. The van der Waals surface area contributed by atoms with Crippen molar-refractivity contribution in [3.05, 3.63) is 139 Å². The molecule has 3 aromatic heterocycles. The molecule has 0 aliphatic carbocycles. The van der Waals surface area contributed by atoms with Crippen molar-refractivity contribution >= 4 is 0 Å². The van der Waals surface area contributed by atoms with Crippen LogP contribution in [0.4, 0.5) is 8.78 Å². The average Bonchev–Trinajstić information content (AvgIpc) is 3.13. The van der Waals surface area contributed by atoms with Gasteiger partial charge in [-0.2, -0.15) is 0 Å². The molecule has 0 bridgehead atoms. The summed E-state index contributed by atoms with van der Waals surface area (Å²) in [6.45, 7) is 3.40. The van der Waals surface area contributed by atoms with E-state index in [1.807, 2.05) is 79.1 Å². The van der Waals surface area contributed by atoms with Crippen LogP contribution >= 0.6 is 0 Å². The van der Waals surface area contributed by atoms with Crippen LogP contribution < -0.4 is 9.47 Å². The van der Waals surface area contributed by atoms with Gasteiger partial charge in [-0.1, -0.05) is 37.8 Å². The molecule has 0 spiro atoms. The molecular formula is C42H39F2N3O2. The second-order valence-electron chi connectivity index (χ2n) is 12.0. The number of aromatic nitrogens is 3. The van der Waals surface area contributed by atoms with Gasteiger partial charge < -0.3 is 9.47 Å². The van der Waals surface area contributed by atoms with E-state index < -0.39 is 11.6 Å². The van der Waals surface area contributed by atoms with Crippen molar-refractivity contribution in [1.82, 2.24) is 15.0 Å². The number of pyridine rings is 3. The monoisotopic (exact) mass is 655 g/mol. The fourth-order valence-corrected chi connectivity index (χ4v) is 5.77. The van der Waals surface area contributed by atoms with Crippen molar-refractivity contribution in [2.45, 2.75) is 45.4 Å². The number of aryl methyl sites for hydroxylation is 1. The quantitative estimate of drug-likeness (QED) is 0.103. The lowest BCUT2D eigenvalue weighted by molar-refractivity contribution is 0.297. The summed E-state index contributed by atoms with van der Waals surface area (Å²) in [5.41, 5.74) is 7.36. The third-order valence-corrected chi connectivity index (χ3v) is 8.25. The maximum Gasteiger partial charge on any atom is 0.145 e. The van der Waals surface area contributed by atoms with Crippen LogP contribution in [0.1, 0.15) is 44.1 Å². The van der Waals surface area contributed by atoms with Crippen LogP contribution in [0.3, 0.4) is 0 Å². The van der Waals surface area contributed by atoms with Gasteiger partial charge in [0.2, 0.25) is 0 Å². The van der Waals surface area contributed by atoms with Crippen LogP contribution in [0.5, 0.6) is 11.5 Å². The summed E-state index contributed by atoms with van der Waals surface area (Å²) in [4.78, 5) is 13.8. The topological polar surface area (TPSA) is 57.1 Å². The van der Waals surface area contributed by atoms with Crippen LogP contribution in [-0.2, 0) is 0 Å². The van der Waals surface area contributed by atoms with Crippen LogP contribution in [0.15, 0.2) is 122 Å². The molecule has 0 N–H and O–H groups in total. The minimum atomic E-state index is -0.632. The molecule has 0 unspecified atom stereocenters. The van der Waals surface area contributed by atoms with Gasteiger partial charge in [-0.25, -0.2) is 13.8 Å². The SMILES string of the molecule is Cc1cc(-c2ccccn2)cc(-c2ncccc2OCCCCCCCCOc2ccc(-c3cccc(-c4ccc(F)cc4F)n3)cc2)c1. The Bertz CT molecular complexity index is 1970. The Kier molecular flexibility index (Phi) is 11.3. The van der Waals surface area contributed by atoms with Gasteiger partial charge in [-0.15, -0.1) is 0 Å². The van der Waals surface area contributed by atoms with E-state index in [2.05, 4.69) is 40.1 Å². The van der Waals surface area contributed by atoms with Gasteiger partial charge in [-0.05, 0) is 116 Å².